The predicted molar refractivity (Wildman–Crippen MR) is 40.8 cm³/mol. The molecule has 2 rings (SSSR count). The first-order chi connectivity index (χ1) is 5.95. The highest BCUT2D eigenvalue weighted by Crippen LogP contribution is 2.16. The van der Waals surface area contributed by atoms with Crippen LogP contribution in [0.4, 0.5) is 0 Å². The molecular weight excluding hydrogens is 156 g/mol. The van der Waals surface area contributed by atoms with E-state index >= 15 is 0 Å². The minimum Gasteiger partial charge on any atom is -0.435 e. The SMILES string of the molecule is c1ccc(Oc2conn2)cc1. The topological polar surface area (TPSA) is 48.2 Å². The van der Waals surface area contributed by atoms with Gasteiger partial charge in [0, 0.05) is 5.27 Å². The first-order valence-corrected chi connectivity index (χ1v) is 3.45. The second kappa shape index (κ2) is 3.04. The number of hydrogen-bond acceptors (Lipinski definition) is 4. The van der Waals surface area contributed by atoms with Crippen molar-refractivity contribution in [2.45, 2.75) is 0 Å². The summed E-state index contributed by atoms with van der Waals surface area (Å²) >= 11 is 0. The van der Waals surface area contributed by atoms with Crippen molar-refractivity contribution in [3.8, 4) is 11.6 Å². The van der Waals surface area contributed by atoms with Gasteiger partial charge < -0.3 is 9.26 Å². The molecule has 0 bridgehead atoms. The quantitative estimate of drug-likeness (QED) is 0.676. The van der Waals surface area contributed by atoms with Crippen LogP contribution < -0.4 is 4.74 Å². The Labute approximate surface area is 68.8 Å². The van der Waals surface area contributed by atoms with E-state index in [1.54, 1.807) is 0 Å². The average Bonchev–Trinajstić information content (AvgIpc) is 2.59. The second-order valence-corrected chi connectivity index (χ2v) is 2.16. The Hall–Kier alpha value is -1.84. The maximum atomic E-state index is 5.25. The van der Waals surface area contributed by atoms with Crippen LogP contribution >= 0.6 is 0 Å². The third-order valence-electron chi connectivity index (χ3n) is 1.31. The molecule has 0 N–H and O–H groups in total. The minimum absolute atomic E-state index is 0.362. The molecule has 0 saturated carbocycles. The molecule has 1 aromatic carbocycles. The first-order valence-electron chi connectivity index (χ1n) is 3.45. The van der Waals surface area contributed by atoms with E-state index in [1.807, 2.05) is 30.3 Å². The van der Waals surface area contributed by atoms with Gasteiger partial charge in [0.15, 0.2) is 6.26 Å². The molecule has 4 nitrogen and oxygen atoms in total. The van der Waals surface area contributed by atoms with Crippen LogP contribution in [0.2, 0.25) is 0 Å². The Morgan fingerprint density at radius 3 is 2.67 bits per heavy atom. The summed E-state index contributed by atoms with van der Waals surface area (Å²) in [4.78, 5) is 0. The maximum Gasteiger partial charge on any atom is 0.280 e. The van der Waals surface area contributed by atoms with Gasteiger partial charge in [0.2, 0.25) is 0 Å². The van der Waals surface area contributed by atoms with Crippen LogP contribution in [-0.2, 0) is 0 Å². The standard InChI is InChI=1S/C8H6N2O2/c1-2-4-7(5-3-1)12-8-6-11-10-9-8/h1-6H. The summed E-state index contributed by atoms with van der Waals surface area (Å²) in [6, 6.07) is 9.32. The van der Waals surface area contributed by atoms with E-state index in [0.717, 1.165) is 0 Å². The number of ether oxygens (including phenoxy) is 1. The molecule has 0 unspecified atom stereocenters. The summed E-state index contributed by atoms with van der Waals surface area (Å²) in [5, 5.41) is 6.84. The lowest BCUT2D eigenvalue weighted by Gasteiger charge is -1.97. The van der Waals surface area contributed by atoms with Crippen LogP contribution in [0.15, 0.2) is 41.1 Å². The molecular formula is C8H6N2O2. The van der Waals surface area contributed by atoms with Crippen LogP contribution in [0.5, 0.6) is 11.6 Å². The van der Waals surface area contributed by atoms with E-state index in [4.69, 9.17) is 4.74 Å². The van der Waals surface area contributed by atoms with Crippen molar-refractivity contribution in [3.63, 3.8) is 0 Å². The summed E-state index contributed by atoms with van der Waals surface area (Å²) in [5.74, 6) is 1.08. The lowest BCUT2D eigenvalue weighted by atomic mass is 10.3. The molecule has 1 heterocycles. The van der Waals surface area contributed by atoms with Gasteiger partial charge in [0.05, 0.1) is 0 Å². The lowest BCUT2D eigenvalue weighted by molar-refractivity contribution is 0.392. The lowest BCUT2D eigenvalue weighted by Crippen LogP contribution is -1.82. The van der Waals surface area contributed by atoms with Gasteiger partial charge in [0.25, 0.3) is 5.88 Å². The number of aromatic nitrogens is 2. The number of rotatable bonds is 2. The third kappa shape index (κ3) is 1.42. The molecule has 0 radical (unpaired) electrons. The maximum absolute atomic E-state index is 5.25. The smallest absolute Gasteiger partial charge is 0.280 e. The van der Waals surface area contributed by atoms with Crippen molar-refractivity contribution in [1.29, 1.82) is 0 Å². The molecule has 60 valence electrons. The zero-order chi connectivity index (χ0) is 8.23. The Balaban J connectivity index is 2.15. The van der Waals surface area contributed by atoms with Gasteiger partial charge in [-0.25, -0.2) is 0 Å². The summed E-state index contributed by atoms with van der Waals surface area (Å²) in [7, 11) is 0. The van der Waals surface area contributed by atoms with Crippen LogP contribution in [0, 0.1) is 0 Å². The fourth-order valence-corrected chi connectivity index (χ4v) is 0.810. The zero-order valence-electron chi connectivity index (χ0n) is 6.18. The van der Waals surface area contributed by atoms with Crippen molar-refractivity contribution in [3.05, 3.63) is 36.6 Å². The Bertz CT molecular complexity index is 331. The van der Waals surface area contributed by atoms with Crippen molar-refractivity contribution in [1.82, 2.24) is 10.4 Å². The number of benzene rings is 1. The fraction of sp³-hybridized carbons (Fsp3) is 0. The largest absolute Gasteiger partial charge is 0.435 e. The van der Waals surface area contributed by atoms with E-state index in [-0.39, 0.29) is 0 Å². The van der Waals surface area contributed by atoms with Gasteiger partial charge >= 0.3 is 0 Å². The molecule has 0 spiro atoms. The van der Waals surface area contributed by atoms with E-state index in [1.165, 1.54) is 6.26 Å². The molecule has 0 aliphatic carbocycles. The van der Waals surface area contributed by atoms with Gasteiger partial charge in [-0.2, -0.15) is 0 Å². The highest BCUT2D eigenvalue weighted by Gasteiger charge is 1.98. The van der Waals surface area contributed by atoms with E-state index in [0.29, 0.717) is 11.6 Å². The van der Waals surface area contributed by atoms with E-state index in [2.05, 4.69) is 14.9 Å². The van der Waals surface area contributed by atoms with Crippen LogP contribution in [0.3, 0.4) is 0 Å². The normalized spacial score (nSPS) is 9.67. The van der Waals surface area contributed by atoms with Gasteiger partial charge in [0.1, 0.15) is 5.75 Å². The molecule has 0 amide bonds. The van der Waals surface area contributed by atoms with E-state index in [9.17, 15) is 0 Å². The molecule has 1 aromatic heterocycles. The molecule has 0 atom stereocenters. The fourth-order valence-electron chi connectivity index (χ4n) is 0.810. The van der Waals surface area contributed by atoms with Crippen LogP contribution in [0.25, 0.3) is 0 Å². The highest BCUT2D eigenvalue weighted by atomic mass is 16.5. The molecule has 0 aliphatic heterocycles. The predicted octanol–water partition coefficient (Wildman–Crippen LogP) is 1.86. The number of para-hydroxylation sites is 1. The van der Waals surface area contributed by atoms with Gasteiger partial charge in [-0.1, -0.05) is 23.3 Å². The van der Waals surface area contributed by atoms with Crippen molar-refractivity contribution >= 4 is 0 Å². The van der Waals surface area contributed by atoms with E-state index < -0.39 is 0 Å². The summed E-state index contributed by atoms with van der Waals surface area (Å²) in [5.41, 5.74) is 0. The summed E-state index contributed by atoms with van der Waals surface area (Å²) in [6.07, 6.45) is 1.34. The molecule has 0 fully saturated rings. The Kier molecular flexibility index (Phi) is 1.74. The van der Waals surface area contributed by atoms with Crippen LogP contribution in [-0.4, -0.2) is 10.4 Å². The van der Waals surface area contributed by atoms with Crippen LogP contribution in [0.1, 0.15) is 0 Å². The van der Waals surface area contributed by atoms with Crippen molar-refractivity contribution < 1.29 is 9.26 Å². The molecule has 2 aromatic rings. The van der Waals surface area contributed by atoms with Gasteiger partial charge in [-0.05, 0) is 12.1 Å². The molecule has 4 heteroatoms. The summed E-state index contributed by atoms with van der Waals surface area (Å²) < 4.78 is 9.75. The first kappa shape index (κ1) is 6.84. The monoisotopic (exact) mass is 162 g/mol. The van der Waals surface area contributed by atoms with Gasteiger partial charge in [-0.3, -0.25) is 0 Å². The molecule has 0 aliphatic rings. The third-order valence-corrected chi connectivity index (χ3v) is 1.31. The Morgan fingerprint density at radius 1 is 1.17 bits per heavy atom. The average molecular weight is 162 g/mol. The minimum atomic E-state index is 0.362. The summed E-state index contributed by atoms with van der Waals surface area (Å²) in [6.45, 7) is 0. The molecule has 0 saturated heterocycles. The Morgan fingerprint density at radius 2 is 2.00 bits per heavy atom. The number of nitrogens with zero attached hydrogens (tertiary/aromatic N) is 2. The van der Waals surface area contributed by atoms with Crippen molar-refractivity contribution in [2.24, 2.45) is 0 Å². The van der Waals surface area contributed by atoms with Gasteiger partial charge in [-0.15, -0.1) is 0 Å². The number of hydrogen-bond donors (Lipinski definition) is 0. The van der Waals surface area contributed by atoms with Crippen molar-refractivity contribution in [2.75, 3.05) is 0 Å². The second-order valence-electron chi connectivity index (χ2n) is 2.16. The molecule has 12 heavy (non-hydrogen) atoms. The highest BCUT2D eigenvalue weighted by molar-refractivity contribution is 5.24. The zero-order valence-corrected chi connectivity index (χ0v) is 6.18.